The van der Waals surface area contributed by atoms with Crippen molar-refractivity contribution < 1.29 is 4.42 Å². The largest absolute Gasteiger partial charge is 0.456 e. The molecule has 0 saturated heterocycles. The number of aromatic nitrogens is 1. The Morgan fingerprint density at radius 1 is 0.339 bits per heavy atom. The smallest absolute Gasteiger partial charge is 0.136 e. The first-order chi connectivity index (χ1) is 29.2. The van der Waals surface area contributed by atoms with Crippen molar-refractivity contribution in [3.8, 4) is 27.9 Å². The van der Waals surface area contributed by atoms with Crippen LogP contribution < -0.4 is 4.90 Å². The van der Waals surface area contributed by atoms with Crippen molar-refractivity contribution in [2.24, 2.45) is 0 Å². The summed E-state index contributed by atoms with van der Waals surface area (Å²) < 4.78 is 8.76. The Bertz CT molecular complexity index is 3520. The molecule has 0 aliphatic rings. The minimum Gasteiger partial charge on any atom is -0.456 e. The van der Waals surface area contributed by atoms with Crippen LogP contribution in [0.3, 0.4) is 0 Å². The second-order valence-electron chi connectivity index (χ2n) is 15.3. The first-order valence-corrected chi connectivity index (χ1v) is 20.2. The molecular formula is C56H36N2O. The molecule has 0 atom stereocenters. The molecule has 0 spiro atoms. The summed E-state index contributed by atoms with van der Waals surface area (Å²) in [4.78, 5) is 2.39. The number of fused-ring (bicyclic) bond motifs is 9. The van der Waals surface area contributed by atoms with E-state index in [0.717, 1.165) is 61.4 Å². The van der Waals surface area contributed by atoms with E-state index in [-0.39, 0.29) is 0 Å². The average Bonchev–Trinajstić information content (AvgIpc) is 3.85. The van der Waals surface area contributed by atoms with Crippen LogP contribution in [-0.2, 0) is 0 Å². The number of anilines is 3. The van der Waals surface area contributed by atoms with Crippen LogP contribution in [0.5, 0.6) is 0 Å². The van der Waals surface area contributed by atoms with Crippen molar-refractivity contribution in [1.82, 2.24) is 4.57 Å². The van der Waals surface area contributed by atoms with E-state index in [1.165, 1.54) is 48.9 Å². The zero-order valence-corrected chi connectivity index (χ0v) is 32.1. The van der Waals surface area contributed by atoms with Gasteiger partial charge in [0.05, 0.1) is 16.7 Å². The lowest BCUT2D eigenvalue weighted by Gasteiger charge is -2.28. The fraction of sp³-hybridized carbons (Fsp3) is 0. The summed E-state index contributed by atoms with van der Waals surface area (Å²) in [6.07, 6.45) is 0. The molecule has 0 unspecified atom stereocenters. The van der Waals surface area contributed by atoms with Gasteiger partial charge in [-0.1, -0.05) is 146 Å². The number of hydrogen-bond acceptors (Lipinski definition) is 2. The second-order valence-corrected chi connectivity index (χ2v) is 15.3. The number of hydrogen-bond donors (Lipinski definition) is 0. The molecule has 0 aliphatic heterocycles. The molecule has 0 aliphatic carbocycles. The third kappa shape index (κ3) is 5.44. The maximum Gasteiger partial charge on any atom is 0.136 e. The van der Waals surface area contributed by atoms with E-state index in [2.05, 4.69) is 216 Å². The highest BCUT2D eigenvalue weighted by molar-refractivity contribution is 6.11. The highest BCUT2D eigenvalue weighted by atomic mass is 16.3. The molecule has 3 heteroatoms. The van der Waals surface area contributed by atoms with Gasteiger partial charge < -0.3 is 13.9 Å². The summed E-state index contributed by atoms with van der Waals surface area (Å²) in [6.45, 7) is 0. The molecule has 0 radical (unpaired) electrons. The molecule has 0 fully saturated rings. The molecular weight excluding hydrogens is 717 g/mol. The summed E-state index contributed by atoms with van der Waals surface area (Å²) in [7, 11) is 0. The fourth-order valence-corrected chi connectivity index (χ4v) is 9.20. The van der Waals surface area contributed by atoms with Crippen LogP contribution in [0.1, 0.15) is 0 Å². The standard InChI is InChI=1S/C56H36N2O/c1-2-15-45-38(12-1)24-25-40-35-44(31-33-46(40)45)57(52-20-7-3-16-47(52)41-28-32-51-50-19-6-10-23-55(50)59-56(51)36-41)42-29-26-37(27-30-42)39-13-11-14-43(34-39)58-53-21-8-4-17-48(53)49-18-5-9-22-54(49)58/h1-36H. The monoisotopic (exact) mass is 752 g/mol. The highest BCUT2D eigenvalue weighted by Gasteiger charge is 2.20. The number of furan rings is 1. The molecule has 0 N–H and O–H groups in total. The maximum absolute atomic E-state index is 6.38. The molecule has 0 amide bonds. The molecule has 2 aromatic heterocycles. The fourth-order valence-electron chi connectivity index (χ4n) is 9.20. The molecule has 3 nitrogen and oxygen atoms in total. The van der Waals surface area contributed by atoms with E-state index in [9.17, 15) is 0 Å². The van der Waals surface area contributed by atoms with Crippen LogP contribution in [0.15, 0.2) is 223 Å². The number of rotatable bonds is 6. The van der Waals surface area contributed by atoms with Crippen LogP contribution in [0.25, 0.3) is 93.2 Å². The zero-order valence-electron chi connectivity index (χ0n) is 32.1. The Morgan fingerprint density at radius 2 is 0.949 bits per heavy atom. The van der Waals surface area contributed by atoms with Crippen LogP contribution >= 0.6 is 0 Å². The normalized spacial score (nSPS) is 11.7. The van der Waals surface area contributed by atoms with Crippen LogP contribution in [0.2, 0.25) is 0 Å². The average molecular weight is 753 g/mol. The van der Waals surface area contributed by atoms with Crippen LogP contribution in [0.4, 0.5) is 17.1 Å². The predicted octanol–water partition coefficient (Wildman–Crippen LogP) is 15.8. The summed E-state index contributed by atoms with van der Waals surface area (Å²) in [5.74, 6) is 0. The lowest BCUT2D eigenvalue weighted by molar-refractivity contribution is 0.669. The van der Waals surface area contributed by atoms with Crippen LogP contribution in [0, 0.1) is 0 Å². The van der Waals surface area contributed by atoms with Crippen molar-refractivity contribution in [2.75, 3.05) is 4.90 Å². The Morgan fingerprint density at radius 3 is 1.78 bits per heavy atom. The van der Waals surface area contributed by atoms with Gasteiger partial charge in [0, 0.05) is 44.2 Å². The zero-order chi connectivity index (χ0) is 38.9. The van der Waals surface area contributed by atoms with Crippen molar-refractivity contribution in [3.05, 3.63) is 218 Å². The van der Waals surface area contributed by atoms with E-state index in [0.29, 0.717) is 0 Å². The first-order valence-electron chi connectivity index (χ1n) is 20.2. The number of para-hydroxylation sites is 4. The Balaban J connectivity index is 0.995. The third-order valence-electron chi connectivity index (χ3n) is 12.0. The van der Waals surface area contributed by atoms with Crippen molar-refractivity contribution in [3.63, 3.8) is 0 Å². The van der Waals surface area contributed by atoms with Crippen LogP contribution in [-0.4, -0.2) is 4.57 Å². The first kappa shape index (κ1) is 33.3. The van der Waals surface area contributed by atoms with Gasteiger partial charge in [0.25, 0.3) is 0 Å². The topological polar surface area (TPSA) is 21.3 Å². The summed E-state index contributed by atoms with van der Waals surface area (Å²) in [5, 5.41) is 9.73. The lowest BCUT2D eigenvalue weighted by atomic mass is 9.98. The maximum atomic E-state index is 6.38. The SMILES string of the molecule is c1cc(-c2ccc(N(c3ccc4c(ccc5ccccc54)c3)c3ccccc3-c3ccc4c(c3)oc3ccccc34)cc2)cc(-n2c3ccccc3c3ccccc32)c1. The van der Waals surface area contributed by atoms with E-state index in [4.69, 9.17) is 4.42 Å². The Kier molecular flexibility index (Phi) is 7.54. The lowest BCUT2D eigenvalue weighted by Crippen LogP contribution is -2.11. The molecule has 276 valence electrons. The molecule has 0 bridgehead atoms. The molecule has 12 rings (SSSR count). The Labute approximate surface area is 341 Å². The minimum atomic E-state index is 0.884. The summed E-state index contributed by atoms with van der Waals surface area (Å²) >= 11 is 0. The van der Waals surface area contributed by atoms with Gasteiger partial charge in [-0.25, -0.2) is 0 Å². The van der Waals surface area contributed by atoms with Gasteiger partial charge in [0.2, 0.25) is 0 Å². The van der Waals surface area contributed by atoms with E-state index in [1.54, 1.807) is 0 Å². The molecule has 12 aromatic rings. The molecule has 0 saturated carbocycles. The van der Waals surface area contributed by atoms with Gasteiger partial charge in [0.15, 0.2) is 0 Å². The number of nitrogens with zero attached hydrogens (tertiary/aromatic N) is 2. The van der Waals surface area contributed by atoms with Gasteiger partial charge in [-0.05, 0) is 111 Å². The van der Waals surface area contributed by atoms with E-state index < -0.39 is 0 Å². The van der Waals surface area contributed by atoms with Crippen molar-refractivity contribution >= 4 is 82.4 Å². The van der Waals surface area contributed by atoms with Gasteiger partial charge in [-0.3, -0.25) is 0 Å². The van der Waals surface area contributed by atoms with Gasteiger partial charge in [0.1, 0.15) is 11.2 Å². The predicted molar refractivity (Wildman–Crippen MR) is 249 cm³/mol. The summed E-state index contributed by atoms with van der Waals surface area (Å²) in [5.41, 5.74) is 13.1. The van der Waals surface area contributed by atoms with E-state index in [1.807, 2.05) is 12.1 Å². The van der Waals surface area contributed by atoms with E-state index >= 15 is 0 Å². The third-order valence-corrected chi connectivity index (χ3v) is 12.0. The molecule has 59 heavy (non-hydrogen) atoms. The van der Waals surface area contributed by atoms with Crippen molar-refractivity contribution in [2.45, 2.75) is 0 Å². The van der Waals surface area contributed by atoms with Gasteiger partial charge >= 0.3 is 0 Å². The van der Waals surface area contributed by atoms with Gasteiger partial charge in [-0.2, -0.15) is 0 Å². The van der Waals surface area contributed by atoms with Crippen molar-refractivity contribution in [1.29, 1.82) is 0 Å². The number of benzene rings is 10. The second kappa shape index (κ2) is 13.4. The minimum absolute atomic E-state index is 0.884. The highest BCUT2D eigenvalue weighted by Crippen LogP contribution is 2.44. The Hall–Kier alpha value is -7.88. The van der Waals surface area contributed by atoms with Gasteiger partial charge in [-0.15, -0.1) is 0 Å². The summed E-state index contributed by atoms with van der Waals surface area (Å²) in [6, 6.07) is 78.8. The quantitative estimate of drug-likeness (QED) is 0.158. The molecule has 10 aromatic carbocycles. The molecule has 2 heterocycles.